The number of fused-ring (bicyclic) bond motifs is 1. The molecule has 2 aliphatic rings. The number of anilines is 1. The van der Waals surface area contributed by atoms with E-state index in [0.29, 0.717) is 49.2 Å². The first-order valence-corrected chi connectivity index (χ1v) is 12.3. The molecule has 0 bridgehead atoms. The van der Waals surface area contributed by atoms with Gasteiger partial charge in [-0.3, -0.25) is 4.79 Å². The first-order valence-electron chi connectivity index (χ1n) is 12.3. The molecule has 2 saturated heterocycles. The molecule has 3 aromatic heterocycles. The Morgan fingerprint density at radius 2 is 1.97 bits per heavy atom. The van der Waals surface area contributed by atoms with Crippen molar-refractivity contribution in [3.8, 4) is 17.1 Å². The van der Waals surface area contributed by atoms with Gasteiger partial charge in [0.05, 0.1) is 19.4 Å². The molecule has 36 heavy (non-hydrogen) atoms. The van der Waals surface area contributed by atoms with Gasteiger partial charge in [0.1, 0.15) is 5.52 Å². The Labute approximate surface area is 208 Å². The van der Waals surface area contributed by atoms with E-state index in [-0.39, 0.29) is 17.7 Å². The predicted molar refractivity (Wildman–Crippen MR) is 135 cm³/mol. The van der Waals surface area contributed by atoms with E-state index < -0.39 is 0 Å². The van der Waals surface area contributed by atoms with Crippen LogP contribution in [0.2, 0.25) is 0 Å². The largest absolute Gasteiger partial charge is 0.445 e. The lowest BCUT2D eigenvalue weighted by atomic mass is 10.1. The minimum absolute atomic E-state index is 0.111. The number of hydrogen-bond donors (Lipinski definition) is 1. The van der Waals surface area contributed by atoms with Gasteiger partial charge in [-0.05, 0) is 32.5 Å². The second kappa shape index (κ2) is 9.36. The minimum Gasteiger partial charge on any atom is -0.445 e. The number of aryl methyl sites for hydroxylation is 1. The summed E-state index contributed by atoms with van der Waals surface area (Å²) in [4.78, 5) is 26.9. The first kappa shape index (κ1) is 22.7. The monoisotopic (exact) mass is 487 g/mol. The minimum atomic E-state index is -0.233. The Balaban J connectivity index is 1.37. The summed E-state index contributed by atoms with van der Waals surface area (Å²) in [6.07, 6.45) is 4.65. The third kappa shape index (κ3) is 4.45. The highest BCUT2D eigenvalue weighted by molar-refractivity contribution is 5.97. The van der Waals surface area contributed by atoms with Crippen molar-refractivity contribution in [2.75, 3.05) is 51.3 Å². The third-order valence-corrected chi connectivity index (χ3v) is 6.74. The molecule has 0 radical (unpaired) electrons. The van der Waals surface area contributed by atoms with Gasteiger partial charge in [0.25, 0.3) is 11.9 Å². The van der Waals surface area contributed by atoms with Crippen LogP contribution in [0.1, 0.15) is 22.5 Å². The van der Waals surface area contributed by atoms with Crippen LogP contribution in [-0.2, 0) is 4.74 Å². The molecule has 4 aromatic rings. The molecule has 1 N–H and O–H groups in total. The predicted octanol–water partition coefficient (Wildman–Crippen LogP) is 2.65. The molecule has 2 aliphatic heterocycles. The number of nitrogens with zero attached hydrogens (tertiary/aromatic N) is 6. The number of hydrogen-bond acceptors (Lipinski definition) is 8. The second-order valence-corrected chi connectivity index (χ2v) is 9.54. The topological polar surface area (TPSA) is 102 Å². The number of nitrogens with one attached hydrogen (secondary N) is 1. The number of ether oxygens (including phenoxy) is 1. The van der Waals surface area contributed by atoms with E-state index >= 15 is 0 Å². The van der Waals surface area contributed by atoms with Crippen LogP contribution in [0.15, 0.2) is 47.1 Å². The fourth-order valence-electron chi connectivity index (χ4n) is 4.82. The van der Waals surface area contributed by atoms with Crippen molar-refractivity contribution in [1.29, 1.82) is 0 Å². The van der Waals surface area contributed by atoms with Gasteiger partial charge in [0.2, 0.25) is 0 Å². The van der Waals surface area contributed by atoms with Gasteiger partial charge in [0, 0.05) is 43.5 Å². The molecule has 1 amide bonds. The number of morpholine rings is 1. The van der Waals surface area contributed by atoms with E-state index in [4.69, 9.17) is 19.1 Å². The van der Waals surface area contributed by atoms with Crippen molar-refractivity contribution in [2.24, 2.45) is 0 Å². The number of carbonyl (C=O) groups excluding carboxylic acids is 1. The van der Waals surface area contributed by atoms with Crippen molar-refractivity contribution in [3.05, 3.63) is 54.0 Å². The lowest BCUT2D eigenvalue weighted by molar-refractivity contribution is 0.0912. The molecule has 1 aromatic carbocycles. The highest BCUT2D eigenvalue weighted by atomic mass is 16.5. The average molecular weight is 488 g/mol. The fourth-order valence-corrected chi connectivity index (χ4v) is 4.82. The smallest absolute Gasteiger partial charge is 0.287 e. The molecule has 186 valence electrons. The number of carbonyl (C=O) groups is 1. The van der Waals surface area contributed by atoms with Crippen LogP contribution < -0.4 is 10.2 Å². The van der Waals surface area contributed by atoms with Crippen LogP contribution in [0.3, 0.4) is 0 Å². The first-order chi connectivity index (χ1) is 17.5. The van der Waals surface area contributed by atoms with Crippen molar-refractivity contribution in [2.45, 2.75) is 19.4 Å². The van der Waals surface area contributed by atoms with Gasteiger partial charge in [0.15, 0.2) is 17.2 Å². The van der Waals surface area contributed by atoms with E-state index in [0.717, 1.165) is 30.6 Å². The summed E-state index contributed by atoms with van der Waals surface area (Å²) in [6, 6.07) is 10.1. The van der Waals surface area contributed by atoms with Gasteiger partial charge in [-0.2, -0.15) is 10.1 Å². The van der Waals surface area contributed by atoms with E-state index in [2.05, 4.69) is 52.4 Å². The standard InChI is InChI=1S/C26H29N7O3/c1-17-4-3-5-18(12-17)19-14-27-33(15-19)26-29-21-13-22(25(34)28-20-6-7-31(2)16-20)36-23(21)24(30-26)32-8-10-35-11-9-32/h3-5,12-15,20H,6-11,16H2,1-2H3,(H,28,34). The summed E-state index contributed by atoms with van der Waals surface area (Å²) in [5.74, 6) is 1.07. The van der Waals surface area contributed by atoms with Crippen LogP contribution in [0.25, 0.3) is 28.2 Å². The molecule has 0 saturated carbocycles. The molecule has 1 unspecified atom stereocenters. The zero-order chi connectivity index (χ0) is 24.6. The summed E-state index contributed by atoms with van der Waals surface area (Å²) in [6.45, 7) is 6.42. The molecule has 10 nitrogen and oxygen atoms in total. The Morgan fingerprint density at radius 1 is 1.11 bits per heavy atom. The number of likely N-dealkylation sites (tertiary alicyclic amines) is 1. The van der Waals surface area contributed by atoms with Crippen LogP contribution in [0.5, 0.6) is 0 Å². The van der Waals surface area contributed by atoms with Crippen molar-refractivity contribution in [1.82, 2.24) is 30.0 Å². The molecule has 0 spiro atoms. The van der Waals surface area contributed by atoms with Crippen LogP contribution in [0.4, 0.5) is 5.82 Å². The normalized spacial score (nSPS) is 18.7. The van der Waals surface area contributed by atoms with Crippen LogP contribution >= 0.6 is 0 Å². The highest BCUT2D eigenvalue weighted by Crippen LogP contribution is 2.29. The van der Waals surface area contributed by atoms with Gasteiger partial charge in [-0.15, -0.1) is 0 Å². The van der Waals surface area contributed by atoms with Crippen LogP contribution in [-0.4, -0.2) is 83.0 Å². The van der Waals surface area contributed by atoms with Gasteiger partial charge < -0.3 is 24.3 Å². The number of amides is 1. The SMILES string of the molecule is Cc1cccc(-c2cnn(-c3nc(N4CCOCC4)c4oc(C(=O)NC5CCN(C)C5)cc4n3)c2)c1. The highest BCUT2D eigenvalue weighted by Gasteiger charge is 2.26. The quantitative estimate of drug-likeness (QED) is 0.459. The summed E-state index contributed by atoms with van der Waals surface area (Å²) in [5.41, 5.74) is 4.31. The Morgan fingerprint density at radius 3 is 2.75 bits per heavy atom. The summed E-state index contributed by atoms with van der Waals surface area (Å²) in [7, 11) is 2.05. The Bertz CT molecular complexity index is 1410. The van der Waals surface area contributed by atoms with Crippen molar-refractivity contribution in [3.63, 3.8) is 0 Å². The third-order valence-electron chi connectivity index (χ3n) is 6.74. The van der Waals surface area contributed by atoms with Crippen molar-refractivity contribution >= 4 is 22.8 Å². The summed E-state index contributed by atoms with van der Waals surface area (Å²) < 4.78 is 13.3. The maximum atomic E-state index is 13.0. The van der Waals surface area contributed by atoms with Gasteiger partial charge in [-0.1, -0.05) is 29.8 Å². The van der Waals surface area contributed by atoms with E-state index in [1.807, 2.05) is 18.5 Å². The maximum absolute atomic E-state index is 13.0. The number of rotatable bonds is 5. The fraction of sp³-hybridized carbons (Fsp3) is 0.385. The van der Waals surface area contributed by atoms with Crippen molar-refractivity contribution < 1.29 is 13.9 Å². The zero-order valence-electron chi connectivity index (χ0n) is 20.5. The molecular formula is C26H29N7O3. The lowest BCUT2D eigenvalue weighted by Crippen LogP contribution is -2.37. The molecule has 1 atom stereocenters. The lowest BCUT2D eigenvalue weighted by Gasteiger charge is -2.27. The number of furan rings is 1. The number of aromatic nitrogens is 4. The molecule has 0 aliphatic carbocycles. The van der Waals surface area contributed by atoms with E-state index in [1.54, 1.807) is 10.7 Å². The van der Waals surface area contributed by atoms with E-state index in [1.165, 1.54) is 5.56 Å². The van der Waals surface area contributed by atoms with Gasteiger partial charge in [-0.25, -0.2) is 9.67 Å². The zero-order valence-corrected chi connectivity index (χ0v) is 20.5. The van der Waals surface area contributed by atoms with E-state index in [9.17, 15) is 4.79 Å². The molecule has 5 heterocycles. The van der Waals surface area contributed by atoms with Crippen LogP contribution in [0, 0.1) is 6.92 Å². The number of likely N-dealkylation sites (N-methyl/N-ethyl adjacent to an activating group) is 1. The molecular weight excluding hydrogens is 458 g/mol. The summed E-state index contributed by atoms with van der Waals surface area (Å²) in [5, 5.41) is 7.62. The molecule has 6 rings (SSSR count). The Kier molecular flexibility index (Phi) is 5.90. The average Bonchev–Trinajstić information content (AvgIpc) is 3.63. The molecule has 2 fully saturated rings. The Hall–Kier alpha value is -3.76. The summed E-state index contributed by atoms with van der Waals surface area (Å²) >= 11 is 0. The molecule has 10 heteroatoms. The second-order valence-electron chi connectivity index (χ2n) is 9.54. The maximum Gasteiger partial charge on any atom is 0.287 e. The number of benzene rings is 1. The van der Waals surface area contributed by atoms with Gasteiger partial charge >= 0.3 is 0 Å².